The Kier molecular flexibility index (Phi) is 5.92. The Morgan fingerprint density at radius 2 is 1.76 bits per heavy atom. The van der Waals surface area contributed by atoms with Gasteiger partial charge in [-0.15, -0.1) is 0 Å². The van der Waals surface area contributed by atoms with E-state index in [4.69, 9.17) is 0 Å². The zero-order valence-electron chi connectivity index (χ0n) is 10.1. The average Bonchev–Trinajstić information content (AvgIpc) is 2.23. The topological polar surface area (TPSA) is 20.2 Å². The van der Waals surface area contributed by atoms with Crippen molar-refractivity contribution < 1.29 is 13.9 Å². The minimum Gasteiger partial charge on any atom is -0.392 e. The molecule has 0 bridgehead atoms. The van der Waals surface area contributed by atoms with Crippen molar-refractivity contribution in [1.82, 2.24) is 0 Å². The molecule has 1 rings (SSSR count). The Balaban J connectivity index is 2.47. The lowest BCUT2D eigenvalue weighted by atomic mass is 10.1. The van der Waals surface area contributed by atoms with Crippen LogP contribution in [0.1, 0.15) is 19.4 Å². The molecule has 1 unspecified atom stereocenters. The van der Waals surface area contributed by atoms with Crippen LogP contribution in [0.25, 0.3) is 0 Å². The summed E-state index contributed by atoms with van der Waals surface area (Å²) in [7, 11) is 0. The van der Waals surface area contributed by atoms with Crippen molar-refractivity contribution in [3.8, 4) is 0 Å². The lowest BCUT2D eigenvalue weighted by molar-refractivity contribution is 0.197. The molecule has 0 amide bonds. The Bertz CT molecular complexity index is 335. The molecule has 1 aromatic carbocycles. The third kappa shape index (κ3) is 5.04. The number of rotatable bonds is 6. The summed E-state index contributed by atoms with van der Waals surface area (Å²) < 4.78 is 26.6. The first-order valence-electron chi connectivity index (χ1n) is 5.69. The number of hydrogen-bond donors (Lipinski definition) is 1. The van der Waals surface area contributed by atoms with Crippen molar-refractivity contribution in [2.45, 2.75) is 26.4 Å². The largest absolute Gasteiger partial charge is 0.392 e. The fourth-order valence-corrected chi connectivity index (χ4v) is 2.46. The van der Waals surface area contributed by atoms with Crippen LogP contribution in [0.4, 0.5) is 8.78 Å². The van der Waals surface area contributed by atoms with Crippen LogP contribution < -0.4 is 0 Å². The minimum absolute atomic E-state index is 0.0230. The fraction of sp³-hybridized carbons (Fsp3) is 0.538. The van der Waals surface area contributed by atoms with E-state index >= 15 is 0 Å². The van der Waals surface area contributed by atoms with Gasteiger partial charge in [-0.2, -0.15) is 11.8 Å². The van der Waals surface area contributed by atoms with Crippen LogP contribution in [-0.2, 0) is 6.42 Å². The Morgan fingerprint density at radius 3 is 2.29 bits per heavy atom. The Hall–Kier alpha value is -0.610. The molecule has 17 heavy (non-hydrogen) atoms. The molecule has 1 atom stereocenters. The van der Waals surface area contributed by atoms with Gasteiger partial charge in [0.15, 0.2) is 0 Å². The fourth-order valence-electron chi connectivity index (χ4n) is 1.46. The van der Waals surface area contributed by atoms with Crippen molar-refractivity contribution in [3.63, 3.8) is 0 Å². The van der Waals surface area contributed by atoms with E-state index in [9.17, 15) is 13.9 Å². The summed E-state index contributed by atoms with van der Waals surface area (Å²) in [6.07, 6.45) is -0.672. The molecule has 0 heterocycles. The smallest absolute Gasteiger partial charge is 0.129 e. The van der Waals surface area contributed by atoms with Gasteiger partial charge in [0.1, 0.15) is 11.6 Å². The highest BCUT2D eigenvalue weighted by molar-refractivity contribution is 7.99. The van der Waals surface area contributed by atoms with Crippen molar-refractivity contribution in [3.05, 3.63) is 35.4 Å². The minimum atomic E-state index is -0.704. The number of aliphatic hydroxyl groups excluding tert-OH is 1. The van der Waals surface area contributed by atoms with Crippen LogP contribution in [0.2, 0.25) is 0 Å². The third-order valence-electron chi connectivity index (χ3n) is 2.26. The zero-order valence-corrected chi connectivity index (χ0v) is 10.9. The number of hydrogen-bond acceptors (Lipinski definition) is 2. The molecule has 1 aromatic rings. The maximum atomic E-state index is 13.3. The van der Waals surface area contributed by atoms with Crippen LogP contribution in [-0.4, -0.2) is 22.7 Å². The summed E-state index contributed by atoms with van der Waals surface area (Å²) in [5.41, 5.74) is -0.0230. The molecular weight excluding hydrogens is 242 g/mol. The van der Waals surface area contributed by atoms with Crippen LogP contribution in [0, 0.1) is 17.6 Å². The number of thioether (sulfide) groups is 1. The summed E-state index contributed by atoms with van der Waals surface area (Å²) in [5, 5.41) is 9.71. The predicted octanol–water partition coefficient (Wildman–Crippen LogP) is 3.26. The van der Waals surface area contributed by atoms with Crippen molar-refractivity contribution in [1.29, 1.82) is 0 Å². The summed E-state index contributed by atoms with van der Waals surface area (Å²) in [6.45, 7) is 4.19. The second-order valence-corrected chi connectivity index (χ2v) is 5.56. The van der Waals surface area contributed by atoms with E-state index in [0.717, 1.165) is 5.75 Å². The van der Waals surface area contributed by atoms with Crippen LogP contribution in [0.3, 0.4) is 0 Å². The van der Waals surface area contributed by atoms with E-state index in [-0.39, 0.29) is 12.0 Å². The van der Waals surface area contributed by atoms with E-state index in [1.54, 1.807) is 11.8 Å². The zero-order chi connectivity index (χ0) is 12.8. The number of aliphatic hydroxyl groups is 1. The van der Waals surface area contributed by atoms with Gasteiger partial charge in [-0.1, -0.05) is 19.9 Å². The molecule has 4 heteroatoms. The van der Waals surface area contributed by atoms with Gasteiger partial charge in [0, 0.05) is 17.7 Å². The van der Waals surface area contributed by atoms with Crippen molar-refractivity contribution in [2.24, 2.45) is 5.92 Å². The van der Waals surface area contributed by atoms with Gasteiger partial charge in [0.2, 0.25) is 0 Å². The molecule has 96 valence electrons. The molecule has 0 radical (unpaired) electrons. The van der Waals surface area contributed by atoms with E-state index in [1.807, 2.05) is 0 Å². The molecule has 0 aliphatic rings. The summed E-state index contributed by atoms with van der Waals surface area (Å²) in [4.78, 5) is 0. The van der Waals surface area contributed by atoms with E-state index in [1.165, 1.54) is 18.2 Å². The number of halogens is 2. The van der Waals surface area contributed by atoms with Gasteiger partial charge in [-0.3, -0.25) is 0 Å². The Morgan fingerprint density at radius 1 is 1.18 bits per heavy atom. The first-order chi connectivity index (χ1) is 8.00. The molecule has 1 nitrogen and oxygen atoms in total. The molecular formula is C13H18F2OS. The van der Waals surface area contributed by atoms with Crippen molar-refractivity contribution in [2.75, 3.05) is 11.5 Å². The summed E-state index contributed by atoms with van der Waals surface area (Å²) in [5.74, 6) is 0.830. The van der Waals surface area contributed by atoms with E-state index < -0.39 is 17.7 Å². The molecule has 0 aliphatic heterocycles. The third-order valence-corrected chi connectivity index (χ3v) is 3.79. The maximum Gasteiger partial charge on any atom is 0.129 e. The van der Waals surface area contributed by atoms with Gasteiger partial charge >= 0.3 is 0 Å². The molecule has 0 fully saturated rings. The quantitative estimate of drug-likeness (QED) is 0.847. The predicted molar refractivity (Wildman–Crippen MR) is 68.2 cm³/mol. The Labute approximate surface area is 105 Å². The molecule has 0 saturated carbocycles. The normalized spacial score (nSPS) is 13.1. The van der Waals surface area contributed by atoms with Crippen molar-refractivity contribution >= 4 is 11.8 Å². The lowest BCUT2D eigenvalue weighted by Crippen LogP contribution is -2.16. The molecule has 0 spiro atoms. The average molecular weight is 260 g/mol. The second kappa shape index (κ2) is 6.97. The van der Waals surface area contributed by atoms with Crippen LogP contribution >= 0.6 is 11.8 Å². The lowest BCUT2D eigenvalue weighted by Gasteiger charge is -2.12. The molecule has 0 aromatic heterocycles. The highest BCUT2D eigenvalue weighted by Crippen LogP contribution is 2.17. The van der Waals surface area contributed by atoms with Gasteiger partial charge in [0.25, 0.3) is 0 Å². The molecule has 1 N–H and O–H groups in total. The van der Waals surface area contributed by atoms with Gasteiger partial charge in [-0.05, 0) is 23.8 Å². The van der Waals surface area contributed by atoms with Gasteiger partial charge in [-0.25, -0.2) is 8.78 Å². The summed E-state index contributed by atoms with van der Waals surface area (Å²) in [6, 6.07) is 3.76. The summed E-state index contributed by atoms with van der Waals surface area (Å²) >= 11 is 1.61. The monoisotopic (exact) mass is 260 g/mol. The van der Waals surface area contributed by atoms with E-state index in [0.29, 0.717) is 11.7 Å². The highest BCUT2D eigenvalue weighted by Gasteiger charge is 2.13. The standard InChI is InChI=1S/C13H18F2OS/c1-9(2)7-17-8-10(16)6-11-12(14)4-3-5-13(11)15/h3-5,9-10,16H,6-8H2,1-2H3. The van der Waals surface area contributed by atoms with Crippen LogP contribution in [0.5, 0.6) is 0 Å². The van der Waals surface area contributed by atoms with E-state index in [2.05, 4.69) is 13.8 Å². The SMILES string of the molecule is CC(C)CSCC(O)Cc1c(F)cccc1F. The highest BCUT2D eigenvalue weighted by atomic mass is 32.2. The molecule has 0 saturated heterocycles. The maximum absolute atomic E-state index is 13.3. The van der Waals surface area contributed by atoms with Gasteiger partial charge in [0.05, 0.1) is 6.10 Å². The number of benzene rings is 1. The van der Waals surface area contributed by atoms with Gasteiger partial charge < -0.3 is 5.11 Å². The second-order valence-electron chi connectivity index (χ2n) is 4.49. The first kappa shape index (κ1) is 14.5. The first-order valence-corrected chi connectivity index (χ1v) is 6.85. The van der Waals surface area contributed by atoms with Crippen LogP contribution in [0.15, 0.2) is 18.2 Å². The molecule has 0 aliphatic carbocycles.